The highest BCUT2D eigenvalue weighted by Crippen LogP contribution is 2.31. The summed E-state index contributed by atoms with van der Waals surface area (Å²) in [7, 11) is 0. The van der Waals surface area contributed by atoms with Crippen LogP contribution in [0.15, 0.2) is 48.5 Å². The van der Waals surface area contributed by atoms with Gasteiger partial charge in [0.15, 0.2) is 0 Å². The predicted molar refractivity (Wildman–Crippen MR) is 84.5 cm³/mol. The number of hydrogen-bond donors (Lipinski definition) is 1. The molecule has 0 unspecified atom stereocenters. The average Bonchev–Trinajstić information content (AvgIpc) is 2.57. The number of ether oxygens (including phenoxy) is 2. The molecule has 0 amide bonds. The number of hydrogen-bond acceptors (Lipinski definition) is 3. The van der Waals surface area contributed by atoms with Crippen LogP contribution in [0, 0.1) is 0 Å². The quantitative estimate of drug-likeness (QED) is 0.882. The Morgan fingerprint density at radius 1 is 0.792 bits per heavy atom. The second kappa shape index (κ2) is 7.13. The first-order chi connectivity index (χ1) is 11.5. The van der Waals surface area contributed by atoms with E-state index in [0.717, 1.165) is 43.8 Å². The van der Waals surface area contributed by atoms with E-state index in [2.05, 4.69) is 5.32 Å². The van der Waals surface area contributed by atoms with Gasteiger partial charge in [-0.1, -0.05) is 0 Å². The molecule has 6 heteroatoms. The van der Waals surface area contributed by atoms with Crippen LogP contribution in [-0.2, 0) is 6.18 Å². The SMILES string of the molecule is FC(F)(F)c1ccc(Oc2ccc(OC3CCNCC3)cc2)cc1. The molecule has 24 heavy (non-hydrogen) atoms. The molecule has 1 aliphatic heterocycles. The molecule has 0 aliphatic carbocycles. The molecule has 0 atom stereocenters. The van der Waals surface area contributed by atoms with Gasteiger partial charge in [0.05, 0.1) is 5.56 Å². The molecule has 2 aromatic rings. The van der Waals surface area contributed by atoms with Crippen LogP contribution in [0.5, 0.6) is 17.2 Å². The fourth-order valence-electron chi connectivity index (χ4n) is 2.54. The molecule has 2 aromatic carbocycles. The van der Waals surface area contributed by atoms with Gasteiger partial charge >= 0.3 is 6.18 Å². The highest BCUT2D eigenvalue weighted by molar-refractivity contribution is 5.36. The normalized spacial score (nSPS) is 16.0. The van der Waals surface area contributed by atoms with Gasteiger partial charge in [-0.25, -0.2) is 0 Å². The first-order valence-corrected chi connectivity index (χ1v) is 7.83. The van der Waals surface area contributed by atoms with E-state index in [1.165, 1.54) is 12.1 Å². The topological polar surface area (TPSA) is 30.5 Å². The van der Waals surface area contributed by atoms with Crippen LogP contribution < -0.4 is 14.8 Å². The number of nitrogens with one attached hydrogen (secondary N) is 1. The molecule has 1 saturated heterocycles. The summed E-state index contributed by atoms with van der Waals surface area (Å²) in [5.74, 6) is 1.67. The molecule has 1 fully saturated rings. The summed E-state index contributed by atoms with van der Waals surface area (Å²) in [5, 5.41) is 3.28. The van der Waals surface area contributed by atoms with Crippen molar-refractivity contribution in [1.29, 1.82) is 0 Å². The number of benzene rings is 2. The monoisotopic (exact) mass is 337 g/mol. The Labute approximate surface area is 138 Å². The minimum Gasteiger partial charge on any atom is -0.490 e. The molecule has 1 aliphatic rings. The summed E-state index contributed by atoms with van der Waals surface area (Å²) in [6.45, 7) is 1.92. The van der Waals surface area contributed by atoms with Crippen LogP contribution in [0.2, 0.25) is 0 Å². The highest BCUT2D eigenvalue weighted by atomic mass is 19.4. The van der Waals surface area contributed by atoms with Crippen molar-refractivity contribution in [2.24, 2.45) is 0 Å². The van der Waals surface area contributed by atoms with Gasteiger partial charge < -0.3 is 14.8 Å². The number of alkyl halides is 3. The molecule has 0 bridgehead atoms. The molecule has 3 rings (SSSR count). The van der Waals surface area contributed by atoms with Gasteiger partial charge in [0.25, 0.3) is 0 Å². The Morgan fingerprint density at radius 3 is 1.83 bits per heavy atom. The lowest BCUT2D eigenvalue weighted by Crippen LogP contribution is -2.34. The number of rotatable bonds is 4. The van der Waals surface area contributed by atoms with Gasteiger partial charge in [-0.2, -0.15) is 13.2 Å². The van der Waals surface area contributed by atoms with Gasteiger partial charge in [0.2, 0.25) is 0 Å². The average molecular weight is 337 g/mol. The van der Waals surface area contributed by atoms with Crippen molar-refractivity contribution < 1.29 is 22.6 Å². The third-order valence-corrected chi connectivity index (χ3v) is 3.83. The van der Waals surface area contributed by atoms with Crippen LogP contribution in [0.3, 0.4) is 0 Å². The maximum absolute atomic E-state index is 12.5. The van der Waals surface area contributed by atoms with E-state index in [9.17, 15) is 13.2 Å². The minimum atomic E-state index is -4.34. The molecular formula is C18H18F3NO2. The Morgan fingerprint density at radius 2 is 1.29 bits per heavy atom. The maximum Gasteiger partial charge on any atom is 0.416 e. The zero-order valence-corrected chi connectivity index (χ0v) is 13.0. The van der Waals surface area contributed by atoms with E-state index in [1.54, 1.807) is 24.3 Å². The molecule has 0 radical (unpaired) electrons. The van der Waals surface area contributed by atoms with Gasteiger partial charge in [0.1, 0.15) is 23.4 Å². The zero-order chi connectivity index (χ0) is 17.0. The first kappa shape index (κ1) is 16.6. The van der Waals surface area contributed by atoms with Crippen molar-refractivity contribution in [3.63, 3.8) is 0 Å². The maximum atomic E-state index is 12.5. The van der Waals surface area contributed by atoms with Crippen LogP contribution in [0.25, 0.3) is 0 Å². The van der Waals surface area contributed by atoms with E-state index in [4.69, 9.17) is 9.47 Å². The van der Waals surface area contributed by atoms with Gasteiger partial charge in [-0.15, -0.1) is 0 Å². The van der Waals surface area contributed by atoms with E-state index >= 15 is 0 Å². The summed E-state index contributed by atoms with van der Waals surface area (Å²) < 4.78 is 49.0. The van der Waals surface area contributed by atoms with Gasteiger partial charge in [-0.3, -0.25) is 0 Å². The van der Waals surface area contributed by atoms with Crippen molar-refractivity contribution in [3.8, 4) is 17.2 Å². The van der Waals surface area contributed by atoms with E-state index in [1.807, 2.05) is 0 Å². The summed E-state index contributed by atoms with van der Waals surface area (Å²) in [5.41, 5.74) is -0.694. The number of piperidine rings is 1. The third-order valence-electron chi connectivity index (χ3n) is 3.83. The van der Waals surface area contributed by atoms with Crippen molar-refractivity contribution in [2.75, 3.05) is 13.1 Å². The highest BCUT2D eigenvalue weighted by Gasteiger charge is 2.30. The second-order valence-electron chi connectivity index (χ2n) is 5.66. The molecule has 0 aromatic heterocycles. The summed E-state index contributed by atoms with van der Waals surface area (Å²) in [4.78, 5) is 0. The largest absolute Gasteiger partial charge is 0.490 e. The number of halogens is 3. The van der Waals surface area contributed by atoms with Crippen molar-refractivity contribution in [2.45, 2.75) is 25.1 Å². The lowest BCUT2D eigenvalue weighted by atomic mass is 10.1. The molecule has 0 spiro atoms. The van der Waals surface area contributed by atoms with E-state index in [-0.39, 0.29) is 6.10 Å². The fourth-order valence-corrected chi connectivity index (χ4v) is 2.54. The standard InChI is InChI=1S/C18H18F3NO2/c19-18(20,21)13-1-3-14(4-2-13)23-15-5-7-16(8-6-15)24-17-9-11-22-12-10-17/h1-8,17,22H,9-12H2. The molecular weight excluding hydrogens is 319 g/mol. The van der Waals surface area contributed by atoms with E-state index in [0.29, 0.717) is 11.5 Å². The van der Waals surface area contributed by atoms with Crippen molar-refractivity contribution in [3.05, 3.63) is 54.1 Å². The Hall–Kier alpha value is -2.21. The minimum absolute atomic E-state index is 0.216. The zero-order valence-electron chi connectivity index (χ0n) is 13.0. The van der Waals surface area contributed by atoms with Crippen LogP contribution in [0.4, 0.5) is 13.2 Å². The van der Waals surface area contributed by atoms with E-state index < -0.39 is 11.7 Å². The molecule has 1 heterocycles. The van der Waals surface area contributed by atoms with Crippen LogP contribution >= 0.6 is 0 Å². The lowest BCUT2D eigenvalue weighted by Gasteiger charge is -2.23. The molecule has 128 valence electrons. The van der Waals surface area contributed by atoms with Crippen molar-refractivity contribution in [1.82, 2.24) is 5.32 Å². The van der Waals surface area contributed by atoms with Crippen molar-refractivity contribution >= 4 is 0 Å². The van der Waals surface area contributed by atoms with Crippen LogP contribution in [0.1, 0.15) is 18.4 Å². The Balaban J connectivity index is 1.59. The summed E-state index contributed by atoms with van der Waals surface area (Å²) in [6, 6.07) is 11.7. The summed E-state index contributed by atoms with van der Waals surface area (Å²) in [6.07, 6.45) is -2.17. The Bertz CT molecular complexity index is 647. The fraction of sp³-hybridized carbons (Fsp3) is 0.333. The molecule has 1 N–H and O–H groups in total. The molecule has 3 nitrogen and oxygen atoms in total. The third kappa shape index (κ3) is 4.41. The van der Waals surface area contributed by atoms with Gasteiger partial charge in [-0.05, 0) is 74.5 Å². The molecule has 0 saturated carbocycles. The predicted octanol–water partition coefficient (Wildman–Crippen LogP) is 4.63. The first-order valence-electron chi connectivity index (χ1n) is 7.83. The van der Waals surface area contributed by atoms with Crippen LogP contribution in [-0.4, -0.2) is 19.2 Å². The summed E-state index contributed by atoms with van der Waals surface area (Å²) >= 11 is 0. The lowest BCUT2D eigenvalue weighted by molar-refractivity contribution is -0.137. The smallest absolute Gasteiger partial charge is 0.416 e. The Kier molecular flexibility index (Phi) is 4.94. The second-order valence-corrected chi connectivity index (χ2v) is 5.66. The van der Waals surface area contributed by atoms with Gasteiger partial charge in [0, 0.05) is 0 Å².